The molecule has 1 aliphatic rings. The van der Waals surface area contributed by atoms with E-state index in [2.05, 4.69) is 5.10 Å². The molecule has 1 N–H and O–H groups in total. The maximum Gasteiger partial charge on any atom is 0.228 e. The highest BCUT2D eigenvalue weighted by atomic mass is 16.3. The number of nitrogens with zero attached hydrogens (tertiary/aromatic N) is 3. The normalized spacial score (nSPS) is 16.3. The number of hydrogen-bond acceptors (Lipinski definition) is 3. The van der Waals surface area contributed by atoms with Crippen molar-refractivity contribution >= 4 is 5.91 Å². The average molecular weight is 223 g/mol. The standard InChI is InChI=1S/C11H17N3O2/c1-3-8-4-9(13(2)12-8)5-11(16)14-6-10(15)7-14/h4,10,15H,3,5-7H2,1-2H3. The summed E-state index contributed by atoms with van der Waals surface area (Å²) < 4.78 is 1.76. The van der Waals surface area contributed by atoms with Crippen LogP contribution in [0.1, 0.15) is 18.3 Å². The van der Waals surface area contributed by atoms with Gasteiger partial charge < -0.3 is 10.0 Å². The second-order valence-electron chi connectivity index (χ2n) is 4.23. The number of amides is 1. The summed E-state index contributed by atoms with van der Waals surface area (Å²) in [6, 6.07) is 1.97. The van der Waals surface area contributed by atoms with E-state index in [-0.39, 0.29) is 12.0 Å². The van der Waals surface area contributed by atoms with Gasteiger partial charge in [0.25, 0.3) is 0 Å². The van der Waals surface area contributed by atoms with Gasteiger partial charge in [-0.3, -0.25) is 9.48 Å². The monoisotopic (exact) mass is 223 g/mol. The Hall–Kier alpha value is -1.36. The summed E-state index contributed by atoms with van der Waals surface area (Å²) >= 11 is 0. The predicted octanol–water partition coefficient (Wildman–Crippen LogP) is -0.272. The summed E-state index contributed by atoms with van der Waals surface area (Å²) in [5, 5.41) is 13.4. The molecule has 5 nitrogen and oxygen atoms in total. The van der Waals surface area contributed by atoms with Crippen LogP contribution in [0.5, 0.6) is 0 Å². The van der Waals surface area contributed by atoms with Crippen molar-refractivity contribution in [3.05, 3.63) is 17.5 Å². The minimum Gasteiger partial charge on any atom is -0.389 e. The van der Waals surface area contributed by atoms with Crippen LogP contribution in [0.4, 0.5) is 0 Å². The van der Waals surface area contributed by atoms with Crippen LogP contribution >= 0.6 is 0 Å². The molecular weight excluding hydrogens is 206 g/mol. The topological polar surface area (TPSA) is 58.4 Å². The van der Waals surface area contributed by atoms with Crippen LogP contribution in [-0.4, -0.2) is 44.9 Å². The fourth-order valence-electron chi connectivity index (χ4n) is 1.84. The Balaban J connectivity index is 1.97. The van der Waals surface area contributed by atoms with Gasteiger partial charge in [-0.1, -0.05) is 6.92 Å². The van der Waals surface area contributed by atoms with Gasteiger partial charge in [-0.2, -0.15) is 5.10 Å². The van der Waals surface area contributed by atoms with E-state index in [9.17, 15) is 4.79 Å². The summed E-state index contributed by atoms with van der Waals surface area (Å²) in [7, 11) is 1.85. The van der Waals surface area contributed by atoms with Gasteiger partial charge in [-0.25, -0.2) is 0 Å². The lowest BCUT2D eigenvalue weighted by atomic mass is 10.1. The molecule has 5 heteroatoms. The number of hydrogen-bond donors (Lipinski definition) is 1. The Kier molecular flexibility index (Phi) is 2.96. The number of β-amino-alcohol motifs (C(OH)–C–C–N with tert-alkyl or cyclic N) is 1. The Bertz CT molecular complexity index is 394. The van der Waals surface area contributed by atoms with E-state index < -0.39 is 0 Å². The molecule has 2 rings (SSSR count). The lowest BCUT2D eigenvalue weighted by Gasteiger charge is -2.35. The van der Waals surface area contributed by atoms with E-state index in [1.54, 1.807) is 9.58 Å². The molecule has 1 fully saturated rings. The fraction of sp³-hybridized carbons (Fsp3) is 0.636. The molecule has 2 heterocycles. The fourth-order valence-corrected chi connectivity index (χ4v) is 1.84. The summed E-state index contributed by atoms with van der Waals surface area (Å²) in [6.07, 6.45) is 0.919. The van der Waals surface area contributed by atoms with Gasteiger partial charge in [0.05, 0.1) is 18.2 Å². The van der Waals surface area contributed by atoms with Crippen molar-refractivity contribution in [1.82, 2.24) is 14.7 Å². The summed E-state index contributed by atoms with van der Waals surface area (Å²) in [5.41, 5.74) is 1.94. The maximum atomic E-state index is 11.8. The number of aliphatic hydroxyl groups excluding tert-OH is 1. The first-order valence-corrected chi connectivity index (χ1v) is 5.57. The Morgan fingerprint density at radius 2 is 2.31 bits per heavy atom. The smallest absolute Gasteiger partial charge is 0.228 e. The predicted molar refractivity (Wildman–Crippen MR) is 58.9 cm³/mol. The molecule has 0 saturated carbocycles. The first-order chi connectivity index (χ1) is 7.60. The van der Waals surface area contributed by atoms with Crippen molar-refractivity contribution in [2.75, 3.05) is 13.1 Å². The van der Waals surface area contributed by atoms with E-state index in [1.165, 1.54) is 0 Å². The lowest BCUT2D eigenvalue weighted by molar-refractivity contribution is -0.140. The van der Waals surface area contributed by atoms with Gasteiger partial charge >= 0.3 is 0 Å². The van der Waals surface area contributed by atoms with Crippen LogP contribution in [0, 0.1) is 0 Å². The molecule has 1 aliphatic heterocycles. The van der Waals surface area contributed by atoms with Crippen molar-refractivity contribution in [3.8, 4) is 0 Å². The van der Waals surface area contributed by atoms with Gasteiger partial charge in [0.1, 0.15) is 0 Å². The van der Waals surface area contributed by atoms with Gasteiger partial charge in [0.15, 0.2) is 0 Å². The van der Waals surface area contributed by atoms with Gasteiger partial charge in [0, 0.05) is 25.8 Å². The Morgan fingerprint density at radius 1 is 1.62 bits per heavy atom. The number of rotatable bonds is 3. The Labute approximate surface area is 94.7 Å². The van der Waals surface area contributed by atoms with Crippen LogP contribution in [0.2, 0.25) is 0 Å². The van der Waals surface area contributed by atoms with E-state index in [4.69, 9.17) is 5.11 Å². The molecular formula is C11H17N3O2. The highest BCUT2D eigenvalue weighted by Crippen LogP contribution is 2.11. The summed E-state index contributed by atoms with van der Waals surface area (Å²) in [4.78, 5) is 13.4. The van der Waals surface area contributed by atoms with Crippen molar-refractivity contribution in [3.63, 3.8) is 0 Å². The number of carbonyl (C=O) groups is 1. The lowest BCUT2D eigenvalue weighted by Crippen LogP contribution is -2.54. The molecule has 0 spiro atoms. The molecule has 0 unspecified atom stereocenters. The van der Waals surface area contributed by atoms with E-state index in [0.717, 1.165) is 17.8 Å². The third-order valence-electron chi connectivity index (χ3n) is 2.94. The zero-order valence-corrected chi connectivity index (χ0v) is 9.68. The second-order valence-corrected chi connectivity index (χ2v) is 4.23. The Morgan fingerprint density at radius 3 is 2.81 bits per heavy atom. The van der Waals surface area contributed by atoms with Gasteiger partial charge in [-0.05, 0) is 12.5 Å². The van der Waals surface area contributed by atoms with Gasteiger partial charge in [0.2, 0.25) is 5.91 Å². The molecule has 0 atom stereocenters. The third-order valence-corrected chi connectivity index (χ3v) is 2.94. The van der Waals surface area contributed by atoms with E-state index >= 15 is 0 Å². The van der Waals surface area contributed by atoms with Crippen LogP contribution in [0.3, 0.4) is 0 Å². The number of likely N-dealkylation sites (tertiary alicyclic amines) is 1. The first-order valence-electron chi connectivity index (χ1n) is 5.57. The molecule has 1 aromatic heterocycles. The van der Waals surface area contributed by atoms with Crippen molar-refractivity contribution in [1.29, 1.82) is 0 Å². The van der Waals surface area contributed by atoms with Crippen LogP contribution in [-0.2, 0) is 24.7 Å². The quantitative estimate of drug-likeness (QED) is 0.767. The molecule has 0 radical (unpaired) electrons. The first kappa shape index (κ1) is 11.1. The highest BCUT2D eigenvalue weighted by molar-refractivity contribution is 5.79. The summed E-state index contributed by atoms with van der Waals surface area (Å²) in [6.45, 7) is 2.98. The van der Waals surface area contributed by atoms with Gasteiger partial charge in [-0.15, -0.1) is 0 Å². The van der Waals surface area contributed by atoms with Crippen molar-refractivity contribution < 1.29 is 9.90 Å². The number of carbonyl (C=O) groups excluding carboxylic acids is 1. The van der Waals surface area contributed by atoms with E-state index in [0.29, 0.717) is 19.5 Å². The third kappa shape index (κ3) is 2.09. The SMILES string of the molecule is CCc1cc(CC(=O)N2CC(O)C2)n(C)n1. The summed E-state index contributed by atoms with van der Waals surface area (Å²) in [5.74, 6) is 0.0657. The molecule has 1 amide bonds. The van der Waals surface area contributed by atoms with Crippen LogP contribution < -0.4 is 0 Å². The van der Waals surface area contributed by atoms with E-state index in [1.807, 2.05) is 20.0 Å². The largest absolute Gasteiger partial charge is 0.389 e. The molecule has 0 aliphatic carbocycles. The number of aryl methyl sites for hydroxylation is 2. The minimum absolute atomic E-state index is 0.0657. The maximum absolute atomic E-state index is 11.8. The van der Waals surface area contributed by atoms with Crippen molar-refractivity contribution in [2.24, 2.45) is 7.05 Å². The zero-order valence-electron chi connectivity index (χ0n) is 9.68. The molecule has 0 aromatic carbocycles. The highest BCUT2D eigenvalue weighted by Gasteiger charge is 2.28. The molecule has 1 aromatic rings. The zero-order chi connectivity index (χ0) is 11.7. The van der Waals surface area contributed by atoms with Crippen LogP contribution in [0.25, 0.3) is 0 Å². The van der Waals surface area contributed by atoms with Crippen LogP contribution in [0.15, 0.2) is 6.07 Å². The molecule has 1 saturated heterocycles. The average Bonchev–Trinajstić information content (AvgIpc) is 2.55. The molecule has 88 valence electrons. The van der Waals surface area contributed by atoms with Crippen molar-refractivity contribution in [2.45, 2.75) is 25.9 Å². The molecule has 0 bridgehead atoms. The number of aromatic nitrogens is 2. The minimum atomic E-state index is -0.332. The second kappa shape index (κ2) is 4.25. The number of aliphatic hydroxyl groups is 1. The molecule has 16 heavy (non-hydrogen) atoms.